The number of hydrogen-bond donors (Lipinski definition) is 1. The second kappa shape index (κ2) is 24.3. The second-order valence-corrected chi connectivity index (χ2v) is 14.2. The molecule has 1 aromatic heterocycles. The Morgan fingerprint density at radius 2 is 1.24 bits per heavy atom. The highest BCUT2D eigenvalue weighted by atomic mass is 32.1. The van der Waals surface area contributed by atoms with Crippen molar-refractivity contribution in [2.75, 3.05) is 31.9 Å². The summed E-state index contributed by atoms with van der Waals surface area (Å²) in [5.41, 5.74) is 5.84. The minimum atomic E-state index is -0.525. The predicted octanol–water partition coefficient (Wildman–Crippen LogP) is 9.88. The number of para-hydroxylation sites is 1. The van der Waals surface area contributed by atoms with Crippen molar-refractivity contribution < 1.29 is 42.8 Å². The average molecular weight is 820 g/mol. The van der Waals surface area contributed by atoms with Crippen LogP contribution in [-0.2, 0) is 25.7 Å². The molecule has 1 N–H and O–H groups in total. The maximum Gasteiger partial charge on any atom is 0.343 e. The van der Waals surface area contributed by atoms with Crippen LogP contribution in [0.2, 0.25) is 0 Å². The summed E-state index contributed by atoms with van der Waals surface area (Å²) in [7, 11) is 0. The maximum absolute atomic E-state index is 13.2. The van der Waals surface area contributed by atoms with Gasteiger partial charge in [-0.15, -0.1) is 0 Å². The average Bonchev–Trinajstić information content (AvgIpc) is 3.68. The van der Waals surface area contributed by atoms with E-state index < -0.39 is 17.9 Å². The van der Waals surface area contributed by atoms with Gasteiger partial charge in [0.05, 0.1) is 48.4 Å². The molecule has 0 saturated carbocycles. The van der Waals surface area contributed by atoms with Gasteiger partial charge in [0.2, 0.25) is 5.13 Å². The van der Waals surface area contributed by atoms with Gasteiger partial charge in [0.25, 0.3) is 0 Å². The molecule has 59 heavy (non-hydrogen) atoms. The molecule has 12 nitrogen and oxygen atoms in total. The molecule has 5 aromatic rings. The molecule has 4 aromatic carbocycles. The van der Waals surface area contributed by atoms with E-state index in [-0.39, 0.29) is 6.61 Å². The van der Waals surface area contributed by atoms with Crippen molar-refractivity contribution in [1.82, 2.24) is 4.98 Å². The van der Waals surface area contributed by atoms with Crippen LogP contribution < -0.4 is 24.4 Å². The molecule has 0 unspecified atom stereocenters. The lowest BCUT2D eigenvalue weighted by Crippen LogP contribution is -2.09. The first-order valence-corrected chi connectivity index (χ1v) is 20.4. The summed E-state index contributed by atoms with van der Waals surface area (Å²) in [6, 6.07) is 27.5. The minimum absolute atomic E-state index is 0.243. The van der Waals surface area contributed by atoms with E-state index in [4.69, 9.17) is 28.4 Å². The normalized spacial score (nSPS) is 10.8. The molecule has 0 radical (unpaired) electrons. The molecule has 0 aliphatic rings. The van der Waals surface area contributed by atoms with Gasteiger partial charge in [-0.3, -0.25) is 5.43 Å². The van der Waals surface area contributed by atoms with Crippen molar-refractivity contribution in [3.8, 4) is 23.0 Å². The zero-order valence-electron chi connectivity index (χ0n) is 33.0. The molecule has 0 fully saturated rings. The molecule has 0 aliphatic heterocycles. The lowest BCUT2D eigenvalue weighted by Gasteiger charge is -2.13. The SMILES string of the molecule is C=CC(=O)OCCCCCCOc1ccc(COc2cc(OC(=O)c3ccc(OCCCCCCOC(=O)C=C)cc3)ccc2/C=N/Nc2nc3ccccc3s2)cc1. The summed E-state index contributed by atoms with van der Waals surface area (Å²) in [6.45, 7) is 8.91. The number of anilines is 1. The van der Waals surface area contributed by atoms with Crippen LogP contribution in [-0.4, -0.2) is 55.5 Å². The molecule has 0 aliphatic carbocycles. The van der Waals surface area contributed by atoms with E-state index in [0.29, 0.717) is 59.9 Å². The zero-order valence-corrected chi connectivity index (χ0v) is 33.8. The standard InChI is InChI=1S/C46H49N3O9S/c1-3-43(50)55-29-13-7-5-11-27-53-37-22-17-34(18-23-37)33-57-41-31-39(26-21-36(41)32-47-49-46-48-40-15-9-10-16-42(40)59-46)58-45(52)35-19-24-38(25-20-35)54-28-12-6-8-14-30-56-44(51)4-2/h3-4,9-10,15-26,31-32H,1-2,5-8,11-14,27-30,33H2,(H,48,49)/b47-32+. The number of esters is 3. The van der Waals surface area contributed by atoms with Crippen LogP contribution >= 0.6 is 11.3 Å². The first-order chi connectivity index (χ1) is 28.9. The molecule has 5 rings (SSSR count). The third-order valence-electron chi connectivity index (χ3n) is 8.70. The molecule has 0 atom stereocenters. The monoisotopic (exact) mass is 819 g/mol. The van der Waals surface area contributed by atoms with Gasteiger partial charge in [0.15, 0.2) is 0 Å². The van der Waals surface area contributed by atoms with Gasteiger partial charge in [-0.05, 0) is 118 Å². The third kappa shape index (κ3) is 15.4. The van der Waals surface area contributed by atoms with E-state index in [1.165, 1.54) is 17.4 Å². The van der Waals surface area contributed by atoms with E-state index >= 15 is 0 Å². The molecule has 1 heterocycles. The first-order valence-electron chi connectivity index (χ1n) is 19.6. The first kappa shape index (κ1) is 43.6. The fourth-order valence-electron chi connectivity index (χ4n) is 5.54. The number of carbonyl (C=O) groups excluding carboxylic acids is 3. The summed E-state index contributed by atoms with van der Waals surface area (Å²) in [6.07, 6.45) is 11.1. The molecule has 0 amide bonds. The lowest BCUT2D eigenvalue weighted by molar-refractivity contribution is -0.138. The Balaban J connectivity index is 1.13. The molecular formula is C46H49N3O9S. The second-order valence-electron chi connectivity index (χ2n) is 13.2. The zero-order chi connectivity index (χ0) is 41.5. The Kier molecular flexibility index (Phi) is 18.0. The number of fused-ring (bicyclic) bond motifs is 1. The summed E-state index contributed by atoms with van der Waals surface area (Å²) in [5, 5.41) is 5.07. The van der Waals surface area contributed by atoms with E-state index in [1.54, 1.807) is 48.7 Å². The number of aromatic nitrogens is 1. The summed E-state index contributed by atoms with van der Waals surface area (Å²) in [5.74, 6) is 0.855. The van der Waals surface area contributed by atoms with Crippen LogP contribution in [0.15, 0.2) is 121 Å². The largest absolute Gasteiger partial charge is 0.494 e. The maximum atomic E-state index is 13.2. The molecular weight excluding hydrogens is 771 g/mol. The number of benzene rings is 4. The van der Waals surface area contributed by atoms with Crippen molar-refractivity contribution in [1.29, 1.82) is 0 Å². The van der Waals surface area contributed by atoms with Crippen molar-refractivity contribution in [2.24, 2.45) is 5.10 Å². The van der Waals surface area contributed by atoms with Crippen LogP contribution in [0.5, 0.6) is 23.0 Å². The number of carbonyl (C=O) groups is 3. The Bertz CT molecular complexity index is 2120. The highest BCUT2D eigenvalue weighted by Gasteiger charge is 2.13. The number of nitrogens with one attached hydrogen (secondary N) is 1. The molecule has 0 bridgehead atoms. The summed E-state index contributed by atoms with van der Waals surface area (Å²) >= 11 is 1.50. The van der Waals surface area contributed by atoms with Gasteiger partial charge in [0.1, 0.15) is 29.6 Å². The van der Waals surface area contributed by atoms with Crippen LogP contribution in [0.3, 0.4) is 0 Å². The quantitative estimate of drug-likeness (QED) is 0.0142. The van der Waals surface area contributed by atoms with Gasteiger partial charge in [-0.25, -0.2) is 19.4 Å². The van der Waals surface area contributed by atoms with Crippen LogP contribution in [0, 0.1) is 0 Å². The fourth-order valence-corrected chi connectivity index (χ4v) is 6.36. The highest BCUT2D eigenvalue weighted by Crippen LogP contribution is 2.28. The number of ether oxygens (including phenoxy) is 6. The highest BCUT2D eigenvalue weighted by molar-refractivity contribution is 7.22. The third-order valence-corrected chi connectivity index (χ3v) is 9.64. The van der Waals surface area contributed by atoms with E-state index in [0.717, 1.165) is 79.0 Å². The van der Waals surface area contributed by atoms with Crippen molar-refractivity contribution in [3.63, 3.8) is 0 Å². The van der Waals surface area contributed by atoms with E-state index in [2.05, 4.69) is 28.7 Å². The number of hydrogen-bond acceptors (Lipinski definition) is 13. The van der Waals surface area contributed by atoms with Gasteiger partial charge >= 0.3 is 17.9 Å². The smallest absolute Gasteiger partial charge is 0.343 e. The molecule has 0 saturated heterocycles. The molecule has 0 spiro atoms. The topological polar surface area (TPSA) is 144 Å². The van der Waals surface area contributed by atoms with Crippen LogP contribution in [0.1, 0.15) is 72.9 Å². The number of rotatable bonds is 26. The van der Waals surface area contributed by atoms with Gasteiger partial charge < -0.3 is 28.4 Å². The Labute approximate surface area is 348 Å². The van der Waals surface area contributed by atoms with Crippen molar-refractivity contribution in [2.45, 2.75) is 58.0 Å². The Hall–Kier alpha value is -6.47. The van der Waals surface area contributed by atoms with Crippen molar-refractivity contribution >= 4 is 50.8 Å². The van der Waals surface area contributed by atoms with E-state index in [1.807, 2.05) is 48.5 Å². The summed E-state index contributed by atoms with van der Waals surface area (Å²) in [4.78, 5) is 39.9. The minimum Gasteiger partial charge on any atom is -0.494 e. The van der Waals surface area contributed by atoms with Crippen molar-refractivity contribution in [3.05, 3.63) is 133 Å². The Morgan fingerprint density at radius 3 is 1.85 bits per heavy atom. The fraction of sp³-hybridized carbons (Fsp3) is 0.283. The van der Waals surface area contributed by atoms with Crippen LogP contribution in [0.25, 0.3) is 10.2 Å². The molecule has 13 heteroatoms. The van der Waals surface area contributed by atoms with Crippen LogP contribution in [0.4, 0.5) is 5.13 Å². The number of thiazole rings is 1. The number of unbranched alkanes of at least 4 members (excludes halogenated alkanes) is 6. The summed E-state index contributed by atoms with van der Waals surface area (Å²) < 4.78 is 34.8. The Morgan fingerprint density at radius 1 is 0.661 bits per heavy atom. The lowest BCUT2D eigenvalue weighted by atomic mass is 10.2. The number of nitrogens with zero attached hydrogens (tertiary/aromatic N) is 2. The van der Waals surface area contributed by atoms with Gasteiger partial charge in [-0.2, -0.15) is 5.10 Å². The predicted molar refractivity (Wildman–Crippen MR) is 230 cm³/mol. The van der Waals surface area contributed by atoms with E-state index in [9.17, 15) is 14.4 Å². The van der Waals surface area contributed by atoms with Gasteiger partial charge in [-0.1, -0.05) is 48.8 Å². The van der Waals surface area contributed by atoms with Gasteiger partial charge in [0, 0.05) is 23.8 Å². The number of hydrazone groups is 1. The molecule has 308 valence electrons.